The SMILES string of the molecule is O=C(CNC(=O)c1ccc2c(c1)OCO2)N=Nc1c(O)[nH]c2ccccc12. The van der Waals surface area contributed by atoms with Gasteiger partial charge in [0.25, 0.3) is 11.8 Å². The fourth-order valence-corrected chi connectivity index (χ4v) is 2.65. The van der Waals surface area contributed by atoms with E-state index in [4.69, 9.17) is 9.47 Å². The van der Waals surface area contributed by atoms with Crippen molar-refractivity contribution in [3.63, 3.8) is 0 Å². The van der Waals surface area contributed by atoms with Crippen molar-refractivity contribution in [2.75, 3.05) is 13.3 Å². The normalized spacial score (nSPS) is 12.6. The van der Waals surface area contributed by atoms with Crippen molar-refractivity contribution < 1.29 is 24.2 Å². The second-order valence-corrected chi connectivity index (χ2v) is 5.71. The minimum atomic E-state index is -0.659. The molecule has 1 aliphatic rings. The smallest absolute Gasteiger partial charge is 0.283 e. The number of hydrogen-bond donors (Lipinski definition) is 3. The Morgan fingerprint density at radius 1 is 1.15 bits per heavy atom. The number of hydrogen-bond acceptors (Lipinski definition) is 6. The number of azo groups is 1. The van der Waals surface area contributed by atoms with Crippen molar-refractivity contribution in [2.24, 2.45) is 10.2 Å². The highest BCUT2D eigenvalue weighted by atomic mass is 16.7. The molecule has 0 atom stereocenters. The quantitative estimate of drug-likeness (QED) is 0.612. The molecule has 9 heteroatoms. The summed E-state index contributed by atoms with van der Waals surface area (Å²) >= 11 is 0. The number of nitrogens with one attached hydrogen (secondary N) is 2. The van der Waals surface area contributed by atoms with Crippen molar-refractivity contribution in [1.82, 2.24) is 10.3 Å². The number of aromatic amines is 1. The number of aromatic hydroxyl groups is 1. The lowest BCUT2D eigenvalue weighted by Gasteiger charge is -2.03. The molecule has 0 unspecified atom stereocenters. The fourth-order valence-electron chi connectivity index (χ4n) is 2.65. The molecule has 1 aliphatic heterocycles. The van der Waals surface area contributed by atoms with Crippen molar-refractivity contribution in [1.29, 1.82) is 0 Å². The van der Waals surface area contributed by atoms with Crippen LogP contribution in [0.25, 0.3) is 10.9 Å². The minimum Gasteiger partial charge on any atom is -0.493 e. The van der Waals surface area contributed by atoms with E-state index < -0.39 is 11.8 Å². The first-order valence-corrected chi connectivity index (χ1v) is 8.04. The van der Waals surface area contributed by atoms with Gasteiger partial charge in [0.1, 0.15) is 6.54 Å². The average molecular weight is 366 g/mol. The van der Waals surface area contributed by atoms with E-state index in [0.717, 1.165) is 0 Å². The maximum atomic E-state index is 12.1. The molecule has 27 heavy (non-hydrogen) atoms. The van der Waals surface area contributed by atoms with Crippen LogP contribution in [-0.2, 0) is 4.79 Å². The lowest BCUT2D eigenvalue weighted by molar-refractivity contribution is -0.117. The van der Waals surface area contributed by atoms with Crippen LogP contribution < -0.4 is 14.8 Å². The zero-order chi connectivity index (χ0) is 18.8. The van der Waals surface area contributed by atoms with Gasteiger partial charge in [-0.25, -0.2) is 0 Å². The summed E-state index contributed by atoms with van der Waals surface area (Å²) in [5.74, 6) is -0.254. The Bertz CT molecular complexity index is 1070. The molecule has 0 radical (unpaired) electrons. The fraction of sp³-hybridized carbons (Fsp3) is 0.111. The van der Waals surface area contributed by atoms with Crippen LogP contribution in [0.5, 0.6) is 17.4 Å². The van der Waals surface area contributed by atoms with Gasteiger partial charge in [0.05, 0.1) is 5.52 Å². The minimum absolute atomic E-state index is 0.111. The summed E-state index contributed by atoms with van der Waals surface area (Å²) in [7, 11) is 0. The first-order chi connectivity index (χ1) is 13.1. The largest absolute Gasteiger partial charge is 0.493 e. The second kappa shape index (κ2) is 6.79. The van der Waals surface area contributed by atoms with Crippen molar-refractivity contribution >= 4 is 28.4 Å². The predicted octanol–water partition coefficient (Wildman–Crippen LogP) is 2.64. The number of amides is 2. The molecule has 0 spiro atoms. The van der Waals surface area contributed by atoms with E-state index in [-0.39, 0.29) is 24.9 Å². The molecule has 136 valence electrons. The maximum absolute atomic E-state index is 12.1. The molecule has 2 aromatic carbocycles. The molecular formula is C18H14N4O5. The van der Waals surface area contributed by atoms with Crippen molar-refractivity contribution in [3.05, 3.63) is 48.0 Å². The molecule has 3 N–H and O–H groups in total. The molecule has 4 rings (SSSR count). The summed E-state index contributed by atoms with van der Waals surface area (Å²) < 4.78 is 10.4. The molecule has 0 saturated heterocycles. The highest BCUT2D eigenvalue weighted by Crippen LogP contribution is 2.35. The first kappa shape index (κ1) is 16.6. The average Bonchev–Trinajstić information content (AvgIpc) is 3.27. The lowest BCUT2D eigenvalue weighted by Crippen LogP contribution is -2.28. The van der Waals surface area contributed by atoms with Crippen LogP contribution >= 0.6 is 0 Å². The van der Waals surface area contributed by atoms with Crippen molar-refractivity contribution in [3.8, 4) is 17.4 Å². The molecule has 0 aliphatic carbocycles. The number of nitrogens with zero attached hydrogens (tertiary/aromatic N) is 2. The molecule has 0 bridgehead atoms. The van der Waals surface area contributed by atoms with E-state index in [1.54, 1.807) is 36.4 Å². The number of para-hydroxylation sites is 1. The van der Waals surface area contributed by atoms with Crippen LogP contribution in [0.4, 0.5) is 5.69 Å². The number of ether oxygens (including phenoxy) is 2. The molecule has 3 aromatic rings. The van der Waals surface area contributed by atoms with Crippen LogP contribution in [0.1, 0.15) is 10.4 Å². The van der Waals surface area contributed by atoms with Crippen LogP contribution in [-0.4, -0.2) is 35.2 Å². The topological polar surface area (TPSA) is 125 Å². The zero-order valence-electron chi connectivity index (χ0n) is 13.9. The standard InChI is InChI=1S/C18H14N4O5/c23-15(21-22-16-11-3-1-2-4-12(11)20-18(16)25)8-19-17(24)10-5-6-13-14(7-10)27-9-26-13/h1-7,20,25H,8-9H2,(H,19,24). The van der Waals surface area contributed by atoms with E-state index in [1.165, 1.54) is 6.07 Å². The number of carbonyl (C=O) groups excluding carboxylic acids is 2. The number of H-pyrrole nitrogens is 1. The van der Waals surface area contributed by atoms with Gasteiger partial charge in [0, 0.05) is 10.9 Å². The summed E-state index contributed by atoms with van der Waals surface area (Å²) in [6, 6.07) is 11.8. The lowest BCUT2D eigenvalue weighted by atomic mass is 10.2. The van der Waals surface area contributed by atoms with E-state index in [9.17, 15) is 14.7 Å². The number of fused-ring (bicyclic) bond motifs is 2. The monoisotopic (exact) mass is 366 g/mol. The second-order valence-electron chi connectivity index (χ2n) is 5.71. The first-order valence-electron chi connectivity index (χ1n) is 8.04. The van der Waals surface area contributed by atoms with E-state index in [1.807, 2.05) is 0 Å². The van der Waals surface area contributed by atoms with Crippen LogP contribution in [0, 0.1) is 0 Å². The third kappa shape index (κ3) is 3.30. The highest BCUT2D eigenvalue weighted by molar-refractivity contribution is 5.97. The third-order valence-corrected chi connectivity index (χ3v) is 3.96. The van der Waals surface area contributed by atoms with Gasteiger partial charge in [-0.1, -0.05) is 18.2 Å². The molecular weight excluding hydrogens is 352 g/mol. The van der Waals surface area contributed by atoms with Gasteiger partial charge in [0.2, 0.25) is 12.7 Å². The van der Waals surface area contributed by atoms with Gasteiger partial charge in [-0.2, -0.15) is 0 Å². The van der Waals surface area contributed by atoms with E-state index in [2.05, 4.69) is 20.5 Å². The Morgan fingerprint density at radius 2 is 1.96 bits per heavy atom. The van der Waals surface area contributed by atoms with Gasteiger partial charge in [-0.05, 0) is 24.3 Å². The van der Waals surface area contributed by atoms with Gasteiger partial charge in [-0.15, -0.1) is 10.2 Å². The number of rotatable bonds is 4. The number of aromatic nitrogens is 1. The van der Waals surface area contributed by atoms with Gasteiger partial charge >= 0.3 is 0 Å². The van der Waals surface area contributed by atoms with Crippen LogP contribution in [0.2, 0.25) is 0 Å². The van der Waals surface area contributed by atoms with Gasteiger partial charge < -0.3 is 24.9 Å². The predicted molar refractivity (Wildman–Crippen MR) is 94.4 cm³/mol. The zero-order valence-corrected chi connectivity index (χ0v) is 13.9. The highest BCUT2D eigenvalue weighted by Gasteiger charge is 2.16. The summed E-state index contributed by atoms with van der Waals surface area (Å²) in [5, 5.41) is 20.3. The Labute approximate surface area is 152 Å². The molecule has 1 aromatic heterocycles. The maximum Gasteiger partial charge on any atom is 0.283 e. The van der Waals surface area contributed by atoms with Crippen LogP contribution in [0.3, 0.4) is 0 Å². The van der Waals surface area contributed by atoms with Gasteiger partial charge in [0.15, 0.2) is 17.2 Å². The Kier molecular flexibility index (Phi) is 4.17. The van der Waals surface area contributed by atoms with Gasteiger partial charge in [-0.3, -0.25) is 9.59 Å². The Morgan fingerprint density at radius 3 is 2.85 bits per heavy atom. The Hall–Kier alpha value is -3.88. The molecule has 2 amide bonds. The Balaban J connectivity index is 1.40. The molecule has 0 saturated carbocycles. The van der Waals surface area contributed by atoms with E-state index in [0.29, 0.717) is 28.0 Å². The number of carbonyl (C=O) groups is 2. The molecule has 9 nitrogen and oxygen atoms in total. The summed E-state index contributed by atoms with van der Waals surface area (Å²) in [6.45, 7) is -0.222. The molecule has 2 heterocycles. The number of benzene rings is 2. The van der Waals surface area contributed by atoms with Crippen LogP contribution in [0.15, 0.2) is 52.7 Å². The van der Waals surface area contributed by atoms with E-state index >= 15 is 0 Å². The third-order valence-electron chi connectivity index (χ3n) is 3.96. The summed E-state index contributed by atoms with van der Waals surface area (Å²) in [6.07, 6.45) is 0. The van der Waals surface area contributed by atoms with Crippen molar-refractivity contribution in [2.45, 2.75) is 0 Å². The summed E-state index contributed by atoms with van der Waals surface area (Å²) in [4.78, 5) is 26.8. The molecule has 0 fully saturated rings. The summed E-state index contributed by atoms with van der Waals surface area (Å²) in [5.41, 5.74) is 1.17.